The summed E-state index contributed by atoms with van der Waals surface area (Å²) in [5.41, 5.74) is 6.67. The number of ether oxygens (including phenoxy) is 2. The van der Waals surface area contributed by atoms with E-state index in [1.807, 2.05) is 65.6 Å². The molecular weight excluding hydrogens is 748 g/mol. The van der Waals surface area contributed by atoms with Crippen molar-refractivity contribution in [1.29, 1.82) is 0 Å². The van der Waals surface area contributed by atoms with Crippen molar-refractivity contribution < 1.29 is 37.3 Å². The zero-order valence-corrected chi connectivity index (χ0v) is 32.0. The fourth-order valence-electron chi connectivity index (χ4n) is 8.92. The van der Waals surface area contributed by atoms with Crippen LogP contribution in [-0.2, 0) is 25.9 Å². The zero-order chi connectivity index (χ0) is 40.0. The number of hydrogen-bond donors (Lipinski definition) is 1. The molecule has 1 atom stereocenters. The molecule has 300 valence electrons. The highest BCUT2D eigenvalue weighted by Gasteiger charge is 2.37. The van der Waals surface area contributed by atoms with Gasteiger partial charge in [0.2, 0.25) is 6.79 Å². The maximum absolute atomic E-state index is 15.3. The highest BCUT2D eigenvalue weighted by Crippen LogP contribution is 2.43. The van der Waals surface area contributed by atoms with E-state index in [4.69, 9.17) is 9.47 Å². The van der Waals surface area contributed by atoms with Gasteiger partial charge in [0.25, 0.3) is 11.8 Å². The zero-order valence-electron chi connectivity index (χ0n) is 32.0. The van der Waals surface area contributed by atoms with Crippen LogP contribution in [0.4, 0.5) is 24.5 Å². The maximum Gasteiger partial charge on any atom is 0.401 e. The van der Waals surface area contributed by atoms with Crippen molar-refractivity contribution in [2.75, 3.05) is 51.0 Å². The second-order valence-electron chi connectivity index (χ2n) is 15.5. The van der Waals surface area contributed by atoms with Gasteiger partial charge in [-0.05, 0) is 91.4 Å². The number of benzene rings is 4. The normalized spacial score (nSPS) is 18.1. The van der Waals surface area contributed by atoms with Crippen LogP contribution in [0.15, 0.2) is 97.1 Å². The molecule has 5 aromatic rings. The minimum atomic E-state index is -4.25. The van der Waals surface area contributed by atoms with E-state index in [-0.39, 0.29) is 30.4 Å². The molecule has 4 aromatic carbocycles. The number of amides is 2. The van der Waals surface area contributed by atoms with Crippen molar-refractivity contribution in [2.24, 2.45) is 0 Å². The third-order valence-electron chi connectivity index (χ3n) is 11.8. The van der Waals surface area contributed by atoms with Gasteiger partial charge in [0, 0.05) is 80.2 Å². The highest BCUT2D eigenvalue weighted by atomic mass is 19.4. The van der Waals surface area contributed by atoms with Gasteiger partial charge in [0.15, 0.2) is 11.5 Å². The van der Waals surface area contributed by atoms with Crippen molar-refractivity contribution in [2.45, 2.75) is 51.0 Å². The monoisotopic (exact) mass is 791 g/mol. The molecule has 0 radical (unpaired) electrons. The number of nitrogens with zero attached hydrogens (tertiary/aromatic N) is 5. The predicted octanol–water partition coefficient (Wildman–Crippen LogP) is 7.65. The summed E-state index contributed by atoms with van der Waals surface area (Å²) in [5.74, 6) is 0.642. The first-order chi connectivity index (χ1) is 28.1. The summed E-state index contributed by atoms with van der Waals surface area (Å²) in [6.07, 6.45) is -1.16. The molecule has 58 heavy (non-hydrogen) atoms. The molecule has 4 aliphatic heterocycles. The van der Waals surface area contributed by atoms with Crippen LogP contribution in [0.2, 0.25) is 0 Å². The number of aromatic hydroxyl groups is 1. The molecule has 13 heteroatoms. The van der Waals surface area contributed by atoms with Gasteiger partial charge in [-0.15, -0.1) is 0 Å². The van der Waals surface area contributed by atoms with Crippen LogP contribution in [0.1, 0.15) is 50.4 Å². The van der Waals surface area contributed by atoms with E-state index in [0.717, 1.165) is 35.4 Å². The number of rotatable bonds is 8. The third kappa shape index (κ3) is 7.51. The lowest BCUT2D eigenvalue weighted by atomic mass is 9.92. The molecule has 0 bridgehead atoms. The van der Waals surface area contributed by atoms with Crippen LogP contribution in [0, 0.1) is 0 Å². The third-order valence-corrected chi connectivity index (χ3v) is 11.8. The van der Waals surface area contributed by atoms with Crippen LogP contribution >= 0.6 is 0 Å². The number of hydrogen-bond acceptors (Lipinski definition) is 7. The smallest absolute Gasteiger partial charge is 0.401 e. The number of para-hydroxylation sites is 1. The van der Waals surface area contributed by atoms with Gasteiger partial charge in [-0.3, -0.25) is 24.3 Å². The Labute approximate surface area is 334 Å². The number of anilines is 2. The van der Waals surface area contributed by atoms with Crippen molar-refractivity contribution in [3.8, 4) is 28.5 Å². The highest BCUT2D eigenvalue weighted by molar-refractivity contribution is 6.12. The standard InChI is InChI=1S/C45H44F3N5O5/c46-45(47,48)28-50-20-18-49(19-21-50)27-34-22-30-8-4-5-9-31(30)26-52(34)43(55)37-25-42-41(57-29-58-42)24-36(37)40-23-38(39-12-6-7-17-51(39)40)44(56)53(32-10-2-1-3-11-32)33-13-15-35(54)16-14-33/h1-5,8-11,13-16,23-25,34,54H,6-7,12,17-22,26-29H2/t34-/m0/s1. The molecule has 4 aliphatic rings. The van der Waals surface area contributed by atoms with E-state index in [0.29, 0.717) is 98.2 Å². The van der Waals surface area contributed by atoms with E-state index in [1.54, 1.807) is 35.2 Å². The number of fused-ring (bicyclic) bond motifs is 3. The van der Waals surface area contributed by atoms with Gasteiger partial charge >= 0.3 is 6.18 Å². The number of alkyl halides is 3. The molecule has 9 rings (SSSR count). The molecule has 5 heterocycles. The Morgan fingerprint density at radius 1 is 0.759 bits per heavy atom. The fraction of sp³-hybridized carbons (Fsp3) is 0.333. The van der Waals surface area contributed by atoms with Gasteiger partial charge in [0.1, 0.15) is 5.75 Å². The number of carbonyl (C=O) groups is 2. The summed E-state index contributed by atoms with van der Waals surface area (Å²) >= 11 is 0. The molecule has 1 aromatic heterocycles. The van der Waals surface area contributed by atoms with Crippen LogP contribution in [0.3, 0.4) is 0 Å². The Balaban J connectivity index is 1.10. The van der Waals surface area contributed by atoms with Gasteiger partial charge in [-0.2, -0.15) is 13.2 Å². The summed E-state index contributed by atoms with van der Waals surface area (Å²) in [5, 5.41) is 10.1. The second kappa shape index (κ2) is 15.5. The Morgan fingerprint density at radius 3 is 2.17 bits per heavy atom. The average Bonchev–Trinajstić information content (AvgIpc) is 3.86. The molecule has 0 unspecified atom stereocenters. The van der Waals surface area contributed by atoms with Gasteiger partial charge in [-0.25, -0.2) is 0 Å². The summed E-state index contributed by atoms with van der Waals surface area (Å²) in [7, 11) is 0. The number of phenols is 1. The fourth-order valence-corrected chi connectivity index (χ4v) is 8.92. The van der Waals surface area contributed by atoms with Crippen molar-refractivity contribution in [1.82, 2.24) is 19.3 Å². The summed E-state index contributed by atoms with van der Waals surface area (Å²) in [6.45, 7) is 2.20. The molecule has 2 amide bonds. The quantitative estimate of drug-likeness (QED) is 0.173. The largest absolute Gasteiger partial charge is 0.508 e. The van der Waals surface area contributed by atoms with Crippen LogP contribution < -0.4 is 14.4 Å². The van der Waals surface area contributed by atoms with E-state index < -0.39 is 12.7 Å². The van der Waals surface area contributed by atoms with Gasteiger partial charge in [0.05, 0.1) is 17.7 Å². The SMILES string of the molecule is O=C(c1cc(-c2cc3c(cc2C(=O)N2Cc4ccccc4C[C@H]2CN2CCN(CC(F)(F)F)CC2)OCO3)n2c1CCCC2)N(c1ccccc1)c1ccc(O)cc1. The lowest BCUT2D eigenvalue weighted by Gasteiger charge is -2.42. The summed E-state index contributed by atoms with van der Waals surface area (Å²) in [6, 6.07) is 29.3. The van der Waals surface area contributed by atoms with Gasteiger partial charge < -0.3 is 24.0 Å². The topological polar surface area (TPSA) is 90.7 Å². The molecule has 0 aliphatic carbocycles. The molecule has 1 N–H and O–H groups in total. The van der Waals surface area contributed by atoms with Crippen molar-refractivity contribution >= 4 is 23.2 Å². The molecule has 0 spiro atoms. The number of aromatic nitrogens is 1. The Bertz CT molecular complexity index is 2320. The van der Waals surface area contributed by atoms with Gasteiger partial charge in [-0.1, -0.05) is 42.5 Å². The maximum atomic E-state index is 15.3. The molecule has 1 saturated heterocycles. The number of halogens is 3. The van der Waals surface area contributed by atoms with E-state index in [1.165, 1.54) is 4.90 Å². The first-order valence-corrected chi connectivity index (χ1v) is 19.8. The summed E-state index contributed by atoms with van der Waals surface area (Å²) in [4.78, 5) is 37.3. The molecular formula is C45H44F3N5O5. The van der Waals surface area contributed by atoms with E-state index >= 15 is 4.79 Å². The van der Waals surface area contributed by atoms with Crippen LogP contribution in [0.25, 0.3) is 11.3 Å². The summed E-state index contributed by atoms with van der Waals surface area (Å²) < 4.78 is 53.4. The lowest BCUT2D eigenvalue weighted by molar-refractivity contribution is -0.149. The Hall–Kier alpha value is -5.79. The minimum absolute atomic E-state index is 0.0150. The lowest BCUT2D eigenvalue weighted by Crippen LogP contribution is -2.55. The van der Waals surface area contributed by atoms with E-state index in [9.17, 15) is 23.1 Å². The van der Waals surface area contributed by atoms with E-state index in [2.05, 4.69) is 15.5 Å². The molecule has 10 nitrogen and oxygen atoms in total. The number of phenolic OH excluding ortho intramolecular Hbond substituents is 1. The minimum Gasteiger partial charge on any atom is -0.508 e. The van der Waals surface area contributed by atoms with Crippen LogP contribution in [0.5, 0.6) is 17.2 Å². The average molecular weight is 792 g/mol. The van der Waals surface area contributed by atoms with Crippen molar-refractivity contribution in [3.63, 3.8) is 0 Å². The predicted molar refractivity (Wildman–Crippen MR) is 213 cm³/mol. The molecule has 0 saturated carbocycles. The molecule has 1 fully saturated rings. The first kappa shape index (κ1) is 37.8. The number of carbonyl (C=O) groups excluding carboxylic acids is 2. The Morgan fingerprint density at radius 2 is 1.43 bits per heavy atom. The first-order valence-electron chi connectivity index (χ1n) is 19.8. The second-order valence-corrected chi connectivity index (χ2v) is 15.5. The number of piperazine rings is 1. The van der Waals surface area contributed by atoms with Crippen LogP contribution in [-0.4, -0.2) is 94.5 Å². The Kier molecular flexibility index (Phi) is 10.1. The van der Waals surface area contributed by atoms with Crippen molar-refractivity contribution in [3.05, 3.63) is 125 Å².